The third kappa shape index (κ3) is 6.20. The van der Waals surface area contributed by atoms with Crippen LogP contribution in [0, 0.1) is 5.92 Å². The smallest absolute Gasteiger partial charge is 0.251 e. The lowest BCUT2D eigenvalue weighted by Gasteiger charge is -2.29. The van der Waals surface area contributed by atoms with Gasteiger partial charge in [-0.2, -0.15) is 0 Å². The highest BCUT2D eigenvalue weighted by Gasteiger charge is 2.39. The Bertz CT molecular complexity index is 1340. The van der Waals surface area contributed by atoms with Crippen molar-refractivity contribution in [3.8, 4) is 11.1 Å². The molecule has 3 aromatic carbocycles. The van der Waals surface area contributed by atoms with Crippen molar-refractivity contribution < 1.29 is 14.4 Å². The molecule has 1 aliphatic heterocycles. The van der Waals surface area contributed by atoms with Crippen LogP contribution in [0.3, 0.4) is 0 Å². The van der Waals surface area contributed by atoms with Gasteiger partial charge in [-0.3, -0.25) is 14.4 Å². The van der Waals surface area contributed by atoms with Crippen LogP contribution in [0.1, 0.15) is 61.5 Å². The second kappa shape index (κ2) is 12.3. The molecule has 0 radical (unpaired) electrons. The highest BCUT2D eigenvalue weighted by Crippen LogP contribution is 2.39. The van der Waals surface area contributed by atoms with Gasteiger partial charge in [0.05, 0.1) is 6.54 Å². The lowest BCUT2D eigenvalue weighted by molar-refractivity contribution is -0.129. The lowest BCUT2D eigenvalue weighted by atomic mass is 9.84. The molecule has 204 valence electrons. The summed E-state index contributed by atoms with van der Waals surface area (Å²) in [6.07, 6.45) is 0.164. The Kier molecular flexibility index (Phi) is 8.82. The maximum Gasteiger partial charge on any atom is 0.251 e. The number of hydrogen-bond donors (Lipinski definition) is 3. The molecule has 4 rings (SSSR count). The Morgan fingerprint density at radius 2 is 1.64 bits per heavy atom. The van der Waals surface area contributed by atoms with E-state index in [1.54, 1.807) is 11.8 Å². The fourth-order valence-corrected chi connectivity index (χ4v) is 5.24. The van der Waals surface area contributed by atoms with Crippen molar-refractivity contribution in [1.29, 1.82) is 0 Å². The van der Waals surface area contributed by atoms with E-state index in [-0.39, 0.29) is 42.0 Å². The van der Waals surface area contributed by atoms with Crippen LogP contribution < -0.4 is 21.3 Å². The normalized spacial score (nSPS) is 19.6. The Labute approximate surface area is 230 Å². The number of nitrogens with two attached hydrogens (primary N) is 1. The van der Waals surface area contributed by atoms with Crippen molar-refractivity contribution in [2.24, 2.45) is 11.7 Å². The van der Waals surface area contributed by atoms with E-state index in [4.69, 9.17) is 5.73 Å². The van der Waals surface area contributed by atoms with Crippen molar-refractivity contribution >= 4 is 23.4 Å². The van der Waals surface area contributed by atoms with Crippen LogP contribution in [-0.2, 0) is 16.1 Å². The van der Waals surface area contributed by atoms with Gasteiger partial charge < -0.3 is 21.3 Å². The van der Waals surface area contributed by atoms with Crippen LogP contribution in [0.25, 0.3) is 11.1 Å². The summed E-state index contributed by atoms with van der Waals surface area (Å²) in [5.41, 5.74) is 11.1. The molecule has 0 aromatic heterocycles. The van der Waals surface area contributed by atoms with Gasteiger partial charge in [0.2, 0.25) is 11.8 Å². The summed E-state index contributed by atoms with van der Waals surface area (Å²) >= 11 is 0. The average Bonchev–Trinajstić information content (AvgIpc) is 2.99. The van der Waals surface area contributed by atoms with Crippen LogP contribution in [-0.4, -0.2) is 36.3 Å². The first-order chi connectivity index (χ1) is 18.7. The van der Waals surface area contributed by atoms with Crippen molar-refractivity contribution in [1.82, 2.24) is 10.6 Å². The van der Waals surface area contributed by atoms with E-state index in [1.807, 2.05) is 80.6 Å². The van der Waals surface area contributed by atoms with Gasteiger partial charge in [0.15, 0.2) is 0 Å². The topological polar surface area (TPSA) is 105 Å². The molecule has 0 aliphatic carbocycles. The quantitative estimate of drug-likeness (QED) is 0.399. The Morgan fingerprint density at radius 3 is 2.33 bits per heavy atom. The number of nitrogens with one attached hydrogen (secondary N) is 2. The van der Waals surface area contributed by atoms with Crippen LogP contribution in [0.4, 0.5) is 5.69 Å². The van der Waals surface area contributed by atoms with Gasteiger partial charge in [-0.25, -0.2) is 0 Å². The Hall–Kier alpha value is -3.97. The number of benzene rings is 3. The second-order valence-corrected chi connectivity index (χ2v) is 10.5. The molecule has 3 amide bonds. The molecule has 1 heterocycles. The zero-order valence-corrected chi connectivity index (χ0v) is 23.1. The van der Waals surface area contributed by atoms with Gasteiger partial charge in [0.1, 0.15) is 6.04 Å². The molecule has 7 heteroatoms. The van der Waals surface area contributed by atoms with E-state index >= 15 is 0 Å². The van der Waals surface area contributed by atoms with Gasteiger partial charge in [-0.1, -0.05) is 74.5 Å². The predicted molar refractivity (Wildman–Crippen MR) is 155 cm³/mol. The monoisotopic (exact) mass is 526 g/mol. The second-order valence-electron chi connectivity index (χ2n) is 10.5. The zero-order chi connectivity index (χ0) is 28.1. The molecule has 4 atom stereocenters. The van der Waals surface area contributed by atoms with E-state index in [0.717, 1.165) is 27.9 Å². The van der Waals surface area contributed by atoms with Gasteiger partial charge in [-0.05, 0) is 60.1 Å². The highest BCUT2D eigenvalue weighted by molar-refractivity contribution is 6.02. The minimum absolute atomic E-state index is 0.0592. The molecule has 39 heavy (non-hydrogen) atoms. The number of amides is 3. The molecule has 0 saturated carbocycles. The zero-order valence-electron chi connectivity index (χ0n) is 23.1. The number of carbonyl (C=O) groups excluding carboxylic acids is 3. The van der Waals surface area contributed by atoms with Crippen LogP contribution in [0.5, 0.6) is 0 Å². The van der Waals surface area contributed by atoms with Gasteiger partial charge in [0, 0.05) is 30.3 Å². The molecular weight excluding hydrogens is 488 g/mol. The summed E-state index contributed by atoms with van der Waals surface area (Å²) < 4.78 is 0. The number of para-hydroxylation sites is 1. The van der Waals surface area contributed by atoms with E-state index in [1.165, 1.54) is 0 Å². The Morgan fingerprint density at radius 1 is 0.974 bits per heavy atom. The van der Waals surface area contributed by atoms with E-state index < -0.39 is 6.04 Å². The summed E-state index contributed by atoms with van der Waals surface area (Å²) in [5, 5.41) is 5.85. The number of nitrogens with zero attached hydrogens (tertiary/aromatic N) is 1. The van der Waals surface area contributed by atoms with Gasteiger partial charge in [0.25, 0.3) is 5.91 Å². The van der Waals surface area contributed by atoms with Crippen LogP contribution in [0.15, 0.2) is 72.8 Å². The number of carbonyl (C=O) groups is 3. The van der Waals surface area contributed by atoms with Crippen molar-refractivity contribution in [3.63, 3.8) is 0 Å². The van der Waals surface area contributed by atoms with Crippen LogP contribution >= 0.6 is 0 Å². The first-order valence-electron chi connectivity index (χ1n) is 13.6. The van der Waals surface area contributed by atoms with Crippen molar-refractivity contribution in [2.45, 2.75) is 58.7 Å². The van der Waals surface area contributed by atoms with E-state index in [2.05, 4.69) is 23.6 Å². The summed E-state index contributed by atoms with van der Waals surface area (Å²) in [4.78, 5) is 41.0. The fraction of sp³-hybridized carbons (Fsp3) is 0.344. The van der Waals surface area contributed by atoms with Crippen molar-refractivity contribution in [2.75, 3.05) is 11.4 Å². The molecule has 0 saturated heterocycles. The molecule has 3 aromatic rings. The largest absolute Gasteiger partial charge is 0.352 e. The number of anilines is 1. The molecular formula is C32H38N4O3. The summed E-state index contributed by atoms with van der Waals surface area (Å²) in [6.45, 7) is 8.70. The molecule has 0 spiro atoms. The third-order valence-electron chi connectivity index (χ3n) is 7.50. The van der Waals surface area contributed by atoms with Crippen LogP contribution in [0.2, 0.25) is 0 Å². The summed E-state index contributed by atoms with van der Waals surface area (Å²) in [5.74, 6) is -0.506. The first-order valence-corrected chi connectivity index (χ1v) is 13.6. The highest BCUT2D eigenvalue weighted by atomic mass is 16.2. The van der Waals surface area contributed by atoms with Gasteiger partial charge in [-0.15, -0.1) is 0 Å². The third-order valence-corrected chi connectivity index (χ3v) is 7.50. The minimum Gasteiger partial charge on any atom is -0.352 e. The Balaban J connectivity index is 1.65. The van der Waals surface area contributed by atoms with Crippen molar-refractivity contribution in [3.05, 3.63) is 89.5 Å². The average molecular weight is 527 g/mol. The number of rotatable bonds is 8. The standard InChI is InChI=1S/C32H38N4O3/c1-5-34-31(38)27-12-7-6-11-26(27)24-16-14-23(15-17-24)19-36-28-13-9-8-10-25(28)21(3)22(4)30(32(36)39)35-29(37)18-20(2)33/h6-17,20-22,30H,5,18-19,33H2,1-4H3,(H,34,38)(H,35,37). The maximum absolute atomic E-state index is 14.0. The summed E-state index contributed by atoms with van der Waals surface area (Å²) in [7, 11) is 0. The lowest BCUT2D eigenvalue weighted by Crippen LogP contribution is -2.51. The number of hydrogen-bond acceptors (Lipinski definition) is 4. The number of fused-ring (bicyclic) bond motifs is 1. The predicted octanol–water partition coefficient (Wildman–Crippen LogP) is 4.61. The molecule has 1 aliphatic rings. The molecule has 0 bridgehead atoms. The molecule has 4 unspecified atom stereocenters. The SMILES string of the molecule is CCNC(=O)c1ccccc1-c1ccc(CN2C(=O)C(NC(=O)CC(C)N)C(C)C(C)c3ccccc32)cc1. The van der Waals surface area contributed by atoms with E-state index in [0.29, 0.717) is 18.7 Å². The van der Waals surface area contributed by atoms with Gasteiger partial charge >= 0.3 is 0 Å². The summed E-state index contributed by atoms with van der Waals surface area (Å²) in [6, 6.07) is 22.5. The molecule has 0 fully saturated rings. The van der Waals surface area contributed by atoms with E-state index in [9.17, 15) is 14.4 Å². The fourth-order valence-electron chi connectivity index (χ4n) is 5.24. The first kappa shape index (κ1) is 28.0. The minimum atomic E-state index is -0.665. The molecule has 7 nitrogen and oxygen atoms in total. The molecule has 4 N–H and O–H groups in total. The maximum atomic E-state index is 14.0.